The van der Waals surface area contributed by atoms with Crippen LogP contribution in [0.25, 0.3) is 0 Å². The molecule has 2 heteroatoms. The van der Waals surface area contributed by atoms with E-state index in [4.69, 9.17) is 11.0 Å². The van der Waals surface area contributed by atoms with Crippen LogP contribution in [0.4, 0.5) is 0 Å². The van der Waals surface area contributed by atoms with Gasteiger partial charge in [-0.15, -0.1) is 0 Å². The highest BCUT2D eigenvalue weighted by Gasteiger charge is 2.26. The standard InChI is InChI=1S/C11H12N2/c12-7-8-1-3-9(4-2-8)10-5-11(13)6-10/h1-4,10-11H,5-6,13H2. The molecule has 0 saturated heterocycles. The van der Waals surface area contributed by atoms with Gasteiger partial charge in [-0.05, 0) is 36.5 Å². The fraction of sp³-hybridized carbons (Fsp3) is 0.364. The molecule has 0 spiro atoms. The zero-order chi connectivity index (χ0) is 9.26. The average molecular weight is 172 g/mol. The van der Waals surface area contributed by atoms with E-state index in [-0.39, 0.29) is 0 Å². The number of nitrogens with zero attached hydrogens (tertiary/aromatic N) is 1. The molecule has 0 bridgehead atoms. The van der Waals surface area contributed by atoms with E-state index in [0.29, 0.717) is 12.0 Å². The summed E-state index contributed by atoms with van der Waals surface area (Å²) in [5.41, 5.74) is 7.76. The van der Waals surface area contributed by atoms with E-state index in [9.17, 15) is 0 Å². The van der Waals surface area contributed by atoms with E-state index >= 15 is 0 Å². The third kappa shape index (κ3) is 1.56. The van der Waals surface area contributed by atoms with Crippen molar-refractivity contribution in [1.29, 1.82) is 5.26 Å². The van der Waals surface area contributed by atoms with Crippen molar-refractivity contribution in [1.82, 2.24) is 0 Å². The Hall–Kier alpha value is -1.33. The third-order valence-corrected chi connectivity index (χ3v) is 2.69. The van der Waals surface area contributed by atoms with Crippen molar-refractivity contribution in [2.45, 2.75) is 24.8 Å². The molecule has 0 amide bonds. The summed E-state index contributed by atoms with van der Waals surface area (Å²) in [4.78, 5) is 0. The van der Waals surface area contributed by atoms with E-state index in [1.807, 2.05) is 24.3 Å². The van der Waals surface area contributed by atoms with E-state index in [1.54, 1.807) is 0 Å². The van der Waals surface area contributed by atoms with Gasteiger partial charge in [0.15, 0.2) is 0 Å². The molecule has 0 heterocycles. The molecule has 0 unspecified atom stereocenters. The first-order chi connectivity index (χ1) is 6.29. The lowest BCUT2D eigenvalue weighted by Gasteiger charge is -2.32. The van der Waals surface area contributed by atoms with Gasteiger partial charge in [-0.3, -0.25) is 0 Å². The topological polar surface area (TPSA) is 49.8 Å². The predicted octanol–water partition coefficient (Wildman–Crippen LogP) is 1.76. The fourth-order valence-corrected chi connectivity index (χ4v) is 1.76. The minimum Gasteiger partial charge on any atom is -0.328 e. The highest BCUT2D eigenvalue weighted by Crippen LogP contribution is 2.35. The van der Waals surface area contributed by atoms with Gasteiger partial charge in [-0.25, -0.2) is 0 Å². The SMILES string of the molecule is N#Cc1ccc(C2CC(N)C2)cc1. The van der Waals surface area contributed by atoms with Crippen molar-refractivity contribution >= 4 is 0 Å². The molecule has 0 radical (unpaired) electrons. The van der Waals surface area contributed by atoms with Crippen LogP contribution in [0.2, 0.25) is 0 Å². The number of hydrogen-bond acceptors (Lipinski definition) is 2. The second-order valence-electron chi connectivity index (χ2n) is 3.66. The summed E-state index contributed by atoms with van der Waals surface area (Å²) in [5.74, 6) is 0.628. The number of nitriles is 1. The molecule has 66 valence electrons. The maximum atomic E-state index is 8.61. The van der Waals surface area contributed by atoms with Gasteiger partial charge in [0.05, 0.1) is 11.6 Å². The van der Waals surface area contributed by atoms with Crippen LogP contribution in [0, 0.1) is 11.3 Å². The van der Waals surface area contributed by atoms with Crippen molar-refractivity contribution in [2.75, 3.05) is 0 Å². The summed E-state index contributed by atoms with van der Waals surface area (Å²) in [6.07, 6.45) is 2.18. The van der Waals surface area contributed by atoms with Crippen molar-refractivity contribution in [3.63, 3.8) is 0 Å². The van der Waals surface area contributed by atoms with Gasteiger partial charge in [0.2, 0.25) is 0 Å². The molecule has 1 saturated carbocycles. The first-order valence-electron chi connectivity index (χ1n) is 4.55. The second kappa shape index (κ2) is 3.20. The number of nitrogens with two attached hydrogens (primary N) is 1. The molecule has 1 aromatic rings. The summed E-state index contributed by atoms with van der Waals surface area (Å²) < 4.78 is 0. The molecule has 0 atom stereocenters. The van der Waals surface area contributed by atoms with Gasteiger partial charge < -0.3 is 5.73 Å². The number of benzene rings is 1. The molecule has 13 heavy (non-hydrogen) atoms. The van der Waals surface area contributed by atoms with Crippen molar-refractivity contribution in [3.8, 4) is 6.07 Å². The molecule has 0 aromatic heterocycles. The van der Waals surface area contributed by atoms with Crippen LogP contribution >= 0.6 is 0 Å². The largest absolute Gasteiger partial charge is 0.328 e. The lowest BCUT2D eigenvalue weighted by molar-refractivity contribution is 0.351. The van der Waals surface area contributed by atoms with E-state index in [2.05, 4.69) is 6.07 Å². The Balaban J connectivity index is 2.11. The summed E-state index contributed by atoms with van der Waals surface area (Å²) in [7, 11) is 0. The van der Waals surface area contributed by atoms with Crippen LogP contribution in [0.1, 0.15) is 29.9 Å². The van der Waals surface area contributed by atoms with Gasteiger partial charge in [0.1, 0.15) is 0 Å². The Morgan fingerprint density at radius 3 is 2.31 bits per heavy atom. The predicted molar refractivity (Wildman–Crippen MR) is 51.1 cm³/mol. The van der Waals surface area contributed by atoms with E-state index in [0.717, 1.165) is 18.4 Å². The van der Waals surface area contributed by atoms with Gasteiger partial charge in [-0.2, -0.15) is 5.26 Å². The monoisotopic (exact) mass is 172 g/mol. The molecular formula is C11H12N2. The van der Waals surface area contributed by atoms with Gasteiger partial charge in [0, 0.05) is 6.04 Å². The molecule has 1 fully saturated rings. The maximum Gasteiger partial charge on any atom is 0.0991 e. The first kappa shape index (κ1) is 8.28. The second-order valence-corrected chi connectivity index (χ2v) is 3.66. The quantitative estimate of drug-likeness (QED) is 0.701. The highest BCUT2D eigenvalue weighted by molar-refractivity contribution is 5.33. The van der Waals surface area contributed by atoms with Gasteiger partial charge >= 0.3 is 0 Å². The molecule has 2 rings (SSSR count). The maximum absolute atomic E-state index is 8.61. The Morgan fingerprint density at radius 2 is 1.85 bits per heavy atom. The van der Waals surface area contributed by atoms with Crippen LogP contribution in [0.15, 0.2) is 24.3 Å². The smallest absolute Gasteiger partial charge is 0.0991 e. The molecule has 1 aliphatic carbocycles. The Kier molecular flexibility index (Phi) is 2.03. The Labute approximate surface area is 78.0 Å². The normalized spacial score (nSPS) is 26.2. The van der Waals surface area contributed by atoms with Gasteiger partial charge in [-0.1, -0.05) is 12.1 Å². The van der Waals surface area contributed by atoms with Gasteiger partial charge in [0.25, 0.3) is 0 Å². The minimum absolute atomic E-state index is 0.389. The summed E-state index contributed by atoms with van der Waals surface area (Å²) in [6.45, 7) is 0. The Morgan fingerprint density at radius 1 is 1.23 bits per heavy atom. The van der Waals surface area contributed by atoms with Crippen LogP contribution in [-0.2, 0) is 0 Å². The fourth-order valence-electron chi connectivity index (χ4n) is 1.76. The average Bonchev–Trinajstić information content (AvgIpc) is 2.13. The lowest BCUT2D eigenvalue weighted by Crippen LogP contribution is -2.34. The summed E-state index contributed by atoms with van der Waals surface area (Å²) >= 11 is 0. The molecule has 1 aromatic carbocycles. The minimum atomic E-state index is 0.389. The molecule has 2 N–H and O–H groups in total. The summed E-state index contributed by atoms with van der Waals surface area (Å²) in [6, 6.07) is 10.3. The van der Waals surface area contributed by atoms with Crippen molar-refractivity contribution in [2.24, 2.45) is 5.73 Å². The molecule has 2 nitrogen and oxygen atoms in total. The first-order valence-corrected chi connectivity index (χ1v) is 4.55. The van der Waals surface area contributed by atoms with Crippen molar-refractivity contribution < 1.29 is 0 Å². The number of hydrogen-bond donors (Lipinski definition) is 1. The van der Waals surface area contributed by atoms with Crippen LogP contribution in [0.3, 0.4) is 0 Å². The third-order valence-electron chi connectivity index (χ3n) is 2.69. The zero-order valence-corrected chi connectivity index (χ0v) is 7.40. The molecule has 1 aliphatic rings. The molecular weight excluding hydrogens is 160 g/mol. The van der Waals surface area contributed by atoms with E-state index in [1.165, 1.54) is 5.56 Å². The zero-order valence-electron chi connectivity index (χ0n) is 7.40. The lowest BCUT2D eigenvalue weighted by atomic mass is 9.76. The molecule has 0 aliphatic heterocycles. The van der Waals surface area contributed by atoms with Crippen LogP contribution in [0.5, 0.6) is 0 Å². The summed E-state index contributed by atoms with van der Waals surface area (Å²) in [5, 5.41) is 8.61. The van der Waals surface area contributed by atoms with Crippen LogP contribution < -0.4 is 5.73 Å². The highest BCUT2D eigenvalue weighted by atomic mass is 14.7. The van der Waals surface area contributed by atoms with Crippen LogP contribution in [-0.4, -0.2) is 6.04 Å². The Bertz CT molecular complexity index is 328. The number of rotatable bonds is 1. The van der Waals surface area contributed by atoms with E-state index < -0.39 is 0 Å². The van der Waals surface area contributed by atoms with Crippen molar-refractivity contribution in [3.05, 3.63) is 35.4 Å².